The lowest BCUT2D eigenvalue weighted by Crippen LogP contribution is -2.13. The zero-order valence-electron chi connectivity index (χ0n) is 59.5. The monoisotopic (exact) mass is 1270 g/mol. The van der Waals surface area contributed by atoms with E-state index in [4.69, 9.17) is 14.2 Å². The molecule has 3 heterocycles. The summed E-state index contributed by atoms with van der Waals surface area (Å²) in [5.41, 5.74) is 7.11. The fraction of sp³-hybridized carbons (Fsp3) is 0.643. The van der Waals surface area contributed by atoms with Gasteiger partial charge in [0.25, 0.3) is 0 Å². The fourth-order valence-corrected chi connectivity index (χ4v) is 14.3. The van der Waals surface area contributed by atoms with E-state index in [1.165, 1.54) is 248 Å². The van der Waals surface area contributed by atoms with Crippen LogP contribution in [-0.2, 0) is 0 Å². The van der Waals surface area contributed by atoms with Gasteiger partial charge in [0.05, 0.1) is 19.8 Å². The van der Waals surface area contributed by atoms with Gasteiger partial charge in [-0.1, -0.05) is 196 Å². The van der Waals surface area contributed by atoms with E-state index in [0.29, 0.717) is 17.8 Å². The van der Waals surface area contributed by atoms with E-state index >= 15 is 0 Å². The van der Waals surface area contributed by atoms with Crippen molar-refractivity contribution in [3.05, 3.63) is 127 Å². The molecule has 0 N–H and O–H groups in total. The summed E-state index contributed by atoms with van der Waals surface area (Å²) in [6, 6.07) is 24.7. The van der Waals surface area contributed by atoms with Gasteiger partial charge in [-0.2, -0.15) is 0 Å². The molecule has 0 atom stereocenters. The van der Waals surface area contributed by atoms with E-state index in [9.17, 15) is 0 Å². The molecular formula is C84H126N6O3. The summed E-state index contributed by atoms with van der Waals surface area (Å²) in [7, 11) is 0. The Bertz CT molecular complexity index is 2770. The molecule has 3 aromatic heterocycles. The molecule has 0 bridgehead atoms. The smallest absolute Gasteiger partial charge is 0.159 e. The molecule has 3 aliphatic carbocycles. The molecule has 3 saturated carbocycles. The Morgan fingerprint density at radius 1 is 0.269 bits per heavy atom. The molecule has 9 nitrogen and oxygen atoms in total. The van der Waals surface area contributed by atoms with Gasteiger partial charge in [-0.3, -0.25) is 0 Å². The molecule has 0 aliphatic heterocycles. The minimum atomic E-state index is 0.643. The first kappa shape index (κ1) is 74.7. The molecule has 510 valence electrons. The molecule has 3 aliphatic rings. The van der Waals surface area contributed by atoms with Crippen LogP contribution in [0.1, 0.15) is 326 Å². The minimum Gasteiger partial charge on any atom is -0.494 e. The highest BCUT2D eigenvalue weighted by Gasteiger charge is 2.25. The summed E-state index contributed by atoms with van der Waals surface area (Å²) in [6.45, 7) is 16.1. The number of nitrogens with zero attached hydrogens (tertiary/aromatic N) is 6. The lowest BCUT2D eigenvalue weighted by molar-refractivity contribution is 0.304. The molecule has 93 heavy (non-hydrogen) atoms. The zero-order chi connectivity index (χ0) is 65.2. The first-order valence-corrected chi connectivity index (χ1v) is 38.5. The minimum absolute atomic E-state index is 0.643. The molecule has 6 aromatic rings. The van der Waals surface area contributed by atoms with Gasteiger partial charge in [-0.25, -0.2) is 29.9 Å². The highest BCUT2D eigenvalue weighted by Crippen LogP contribution is 2.40. The van der Waals surface area contributed by atoms with Crippen molar-refractivity contribution >= 4 is 0 Å². The standard InChI is InChI=1S/C29H44N2O.C28H42N2O.C27H40N2O/c1-3-5-7-8-9-10-11-21-32-28-19-17-26(18-20-28)29-30-22-27(23-31-29)25-15-13-24(14-16-25)12-6-4-2;1-3-5-6-7-8-9-10-20-31-27-18-16-25(17-19-27)28-29-21-26(22-30-28)24-14-12-23(11-4-2)13-15-24;1-3-5-6-7-8-9-10-19-30-26-17-15-24(16-18-26)27-28-20-25(21-29-27)23-13-11-22(4-2)12-14-23/h17-20,22-25H,3-16,21H2,1-2H3;16-19,21-24H,3-15,20H2,1-2H3;15-18,20-23H,3-14,19H2,1-2H3. The van der Waals surface area contributed by atoms with Crippen LogP contribution in [-0.4, -0.2) is 49.7 Å². The maximum absolute atomic E-state index is 5.92. The lowest BCUT2D eigenvalue weighted by Gasteiger charge is -2.28. The third-order valence-electron chi connectivity index (χ3n) is 20.6. The molecule has 3 aromatic carbocycles. The average Bonchev–Trinajstić information content (AvgIpc) is 2.30. The quantitative estimate of drug-likeness (QED) is 0.0349. The van der Waals surface area contributed by atoms with Gasteiger partial charge >= 0.3 is 0 Å². The zero-order valence-corrected chi connectivity index (χ0v) is 59.5. The highest BCUT2D eigenvalue weighted by molar-refractivity contribution is 5.58. The summed E-state index contributed by atoms with van der Waals surface area (Å²) in [5, 5.41) is 0. The van der Waals surface area contributed by atoms with E-state index < -0.39 is 0 Å². The third-order valence-corrected chi connectivity index (χ3v) is 20.6. The molecule has 0 unspecified atom stereocenters. The van der Waals surface area contributed by atoms with Crippen molar-refractivity contribution in [3.63, 3.8) is 0 Å². The van der Waals surface area contributed by atoms with E-state index in [0.717, 1.165) is 108 Å². The number of benzene rings is 3. The van der Waals surface area contributed by atoms with Crippen molar-refractivity contribution in [1.82, 2.24) is 29.9 Å². The molecule has 9 rings (SSSR count). The number of rotatable bonds is 39. The molecule has 0 amide bonds. The summed E-state index contributed by atoms with van der Waals surface area (Å²) in [6.07, 6.45) is 63.8. The second kappa shape index (κ2) is 45.6. The van der Waals surface area contributed by atoms with E-state index in [1.54, 1.807) is 0 Å². The van der Waals surface area contributed by atoms with Crippen LogP contribution in [0.25, 0.3) is 34.2 Å². The van der Waals surface area contributed by atoms with Crippen molar-refractivity contribution in [2.24, 2.45) is 17.8 Å². The second-order valence-electron chi connectivity index (χ2n) is 28.0. The topological polar surface area (TPSA) is 105 Å². The SMILES string of the molecule is CCCCCCCCCOc1ccc(-c2ncc(C3CCC(CC)CC3)cn2)cc1.CCCCCCCCCOc1ccc(-c2ncc(C3CCC(CCC)CC3)cn2)cc1.CCCCCCCCCOc1ccc(-c2ncc(C3CCC(CCCC)CC3)cn2)cc1. The van der Waals surface area contributed by atoms with Crippen LogP contribution in [0, 0.1) is 17.8 Å². The van der Waals surface area contributed by atoms with Crippen LogP contribution in [0.15, 0.2) is 110 Å². The largest absolute Gasteiger partial charge is 0.494 e. The summed E-state index contributed by atoms with van der Waals surface area (Å²) in [5.74, 6) is 9.98. The lowest BCUT2D eigenvalue weighted by atomic mass is 9.78. The van der Waals surface area contributed by atoms with E-state index in [2.05, 4.69) is 133 Å². The van der Waals surface area contributed by atoms with E-state index in [1.807, 2.05) is 48.8 Å². The van der Waals surface area contributed by atoms with Gasteiger partial charge < -0.3 is 14.2 Å². The highest BCUT2D eigenvalue weighted by atomic mass is 16.5. The molecule has 0 radical (unpaired) electrons. The number of unbranched alkanes of at least 4 members (excludes halogenated alkanes) is 19. The third kappa shape index (κ3) is 28.3. The fourth-order valence-electron chi connectivity index (χ4n) is 14.3. The van der Waals surface area contributed by atoms with Crippen LogP contribution < -0.4 is 14.2 Å². The summed E-state index contributed by atoms with van der Waals surface area (Å²) >= 11 is 0. The van der Waals surface area contributed by atoms with Crippen molar-refractivity contribution in [2.45, 2.75) is 310 Å². The number of ether oxygens (including phenoxy) is 3. The maximum Gasteiger partial charge on any atom is 0.159 e. The van der Waals surface area contributed by atoms with Crippen molar-refractivity contribution in [1.29, 1.82) is 0 Å². The van der Waals surface area contributed by atoms with Crippen molar-refractivity contribution in [2.75, 3.05) is 19.8 Å². The normalized spacial score (nSPS) is 18.8. The molecule has 9 heteroatoms. The summed E-state index contributed by atoms with van der Waals surface area (Å²) in [4.78, 5) is 28.0. The predicted octanol–water partition coefficient (Wildman–Crippen LogP) is 25.0. The second-order valence-corrected chi connectivity index (χ2v) is 28.0. The van der Waals surface area contributed by atoms with E-state index in [-0.39, 0.29) is 0 Å². The Labute approximate surface area is 566 Å². The number of hydrogen-bond donors (Lipinski definition) is 0. The Balaban J connectivity index is 0.000000198. The first-order chi connectivity index (χ1) is 45.9. The van der Waals surface area contributed by atoms with Gasteiger partial charge in [-0.15, -0.1) is 0 Å². The average molecular weight is 1270 g/mol. The van der Waals surface area contributed by atoms with Crippen molar-refractivity contribution in [3.8, 4) is 51.4 Å². The van der Waals surface area contributed by atoms with Crippen LogP contribution >= 0.6 is 0 Å². The Hall–Kier alpha value is -5.70. The Morgan fingerprint density at radius 2 is 0.527 bits per heavy atom. The van der Waals surface area contributed by atoms with Gasteiger partial charge in [-0.05, 0) is 221 Å². The van der Waals surface area contributed by atoms with Crippen LogP contribution in [0.5, 0.6) is 17.2 Å². The predicted molar refractivity (Wildman–Crippen MR) is 392 cm³/mol. The number of hydrogen-bond acceptors (Lipinski definition) is 9. The van der Waals surface area contributed by atoms with Crippen LogP contribution in [0.2, 0.25) is 0 Å². The van der Waals surface area contributed by atoms with Crippen molar-refractivity contribution < 1.29 is 14.2 Å². The molecule has 0 saturated heterocycles. The van der Waals surface area contributed by atoms with Gasteiger partial charge in [0, 0.05) is 53.9 Å². The van der Waals surface area contributed by atoms with Gasteiger partial charge in [0.1, 0.15) is 17.2 Å². The van der Waals surface area contributed by atoms with Crippen LogP contribution in [0.3, 0.4) is 0 Å². The Kier molecular flexibility index (Phi) is 36.7. The molecule has 3 fully saturated rings. The summed E-state index contributed by atoms with van der Waals surface area (Å²) < 4.78 is 17.7. The first-order valence-electron chi connectivity index (χ1n) is 38.5. The van der Waals surface area contributed by atoms with Crippen LogP contribution in [0.4, 0.5) is 0 Å². The Morgan fingerprint density at radius 3 is 0.796 bits per heavy atom. The molecular weight excluding hydrogens is 1140 g/mol. The number of aromatic nitrogens is 6. The molecule has 0 spiro atoms. The van der Waals surface area contributed by atoms with Gasteiger partial charge in [0.15, 0.2) is 17.5 Å². The maximum atomic E-state index is 5.92. The van der Waals surface area contributed by atoms with Gasteiger partial charge in [0.2, 0.25) is 0 Å².